The number of aromatic amines is 1. The number of aromatic nitrogens is 1. The van der Waals surface area contributed by atoms with Gasteiger partial charge in [-0.15, -0.1) is 0 Å². The zero-order valence-corrected chi connectivity index (χ0v) is 17.9. The Labute approximate surface area is 197 Å². The van der Waals surface area contributed by atoms with Crippen LogP contribution in [0.1, 0.15) is 28.8 Å². The summed E-state index contributed by atoms with van der Waals surface area (Å²) in [5, 5.41) is 8.78. The van der Waals surface area contributed by atoms with Crippen LogP contribution in [0.3, 0.4) is 0 Å². The van der Waals surface area contributed by atoms with Crippen LogP contribution in [0.15, 0.2) is 42.6 Å². The minimum atomic E-state index is -5.19. The maximum absolute atomic E-state index is 12.6. The molecule has 1 aliphatic heterocycles. The number of pyridine rings is 1. The number of H-pyrrole nitrogens is 1. The number of Topliss-reactive ketones (excluding diaryl/α,β-unsaturated/α-hetero) is 1. The molecule has 1 N–H and O–H groups in total. The van der Waals surface area contributed by atoms with E-state index in [1.54, 1.807) is 0 Å². The number of nitrogens with one attached hydrogen (secondary N) is 1. The fourth-order valence-electron chi connectivity index (χ4n) is 3.05. The van der Waals surface area contributed by atoms with Gasteiger partial charge in [-0.25, -0.2) is 4.98 Å². The molecule has 2 heterocycles. The number of halogens is 9. The van der Waals surface area contributed by atoms with Crippen molar-refractivity contribution in [3.05, 3.63) is 53.7 Å². The molecule has 1 aromatic carbocycles. The predicted molar refractivity (Wildman–Crippen MR) is 102 cm³/mol. The molecule has 6 nitrogen and oxygen atoms in total. The molecule has 0 unspecified atom stereocenters. The molecule has 1 saturated heterocycles. The van der Waals surface area contributed by atoms with Crippen molar-refractivity contribution in [3.8, 4) is 5.75 Å². The summed E-state index contributed by atoms with van der Waals surface area (Å²) in [6.07, 6.45) is -12.5. The summed E-state index contributed by atoms with van der Waals surface area (Å²) in [5.41, 5.74) is -1.22. The smallest absolute Gasteiger partial charge is 0.455 e. The lowest BCUT2D eigenvalue weighted by molar-refractivity contribution is -0.364. The number of rotatable bonds is 4. The summed E-state index contributed by atoms with van der Waals surface area (Å²) in [5.74, 6) is -4.01. The zero-order chi connectivity index (χ0) is 27.3. The lowest BCUT2D eigenvalue weighted by Crippen LogP contribution is -2.40. The summed E-state index contributed by atoms with van der Waals surface area (Å²) in [4.78, 5) is 24.6. The van der Waals surface area contributed by atoms with Gasteiger partial charge in [0.1, 0.15) is 17.8 Å². The molecule has 0 amide bonds. The Morgan fingerprint density at radius 1 is 0.861 bits per heavy atom. The maximum Gasteiger partial charge on any atom is 0.455 e. The largest absolute Gasteiger partial charge is 0.542 e. The zero-order valence-electron chi connectivity index (χ0n) is 17.9. The first-order chi connectivity index (χ1) is 16.5. The number of benzene rings is 1. The number of hydrogen-bond donors (Lipinski definition) is 0. The molecule has 1 aliphatic rings. The van der Waals surface area contributed by atoms with Gasteiger partial charge >= 0.3 is 18.5 Å². The molecule has 0 saturated carbocycles. The Morgan fingerprint density at radius 2 is 1.39 bits per heavy atom. The predicted octanol–water partition coefficient (Wildman–Crippen LogP) is 3.61. The van der Waals surface area contributed by atoms with Crippen molar-refractivity contribution in [2.75, 3.05) is 18.0 Å². The third-order valence-corrected chi connectivity index (χ3v) is 4.81. The Hall–Kier alpha value is -3.52. The number of carbonyl (C=O) groups excluding carboxylic acids is 2. The SMILES string of the molecule is O=C([O-])C(F)(F)F.O=C(c1ccc(N2CCC(Oc3ccc(C(F)(F)F)cc3)CC2)[nH+]c1)C(F)(F)F. The molecular formula is C21H17F9N2O4. The van der Waals surface area contributed by atoms with E-state index >= 15 is 0 Å². The van der Waals surface area contributed by atoms with E-state index in [-0.39, 0.29) is 6.10 Å². The van der Waals surface area contributed by atoms with Gasteiger partial charge in [-0.1, -0.05) is 0 Å². The number of aliphatic carboxylic acids is 1. The van der Waals surface area contributed by atoms with Crippen LogP contribution in [-0.4, -0.2) is 43.3 Å². The van der Waals surface area contributed by atoms with Crippen molar-refractivity contribution in [1.29, 1.82) is 0 Å². The second kappa shape index (κ2) is 11.0. The highest BCUT2D eigenvalue weighted by atomic mass is 19.4. The highest BCUT2D eigenvalue weighted by molar-refractivity contribution is 5.99. The maximum atomic E-state index is 12.6. The van der Waals surface area contributed by atoms with Crippen LogP contribution in [0.25, 0.3) is 0 Å². The van der Waals surface area contributed by atoms with Gasteiger partial charge in [0.05, 0.1) is 30.4 Å². The van der Waals surface area contributed by atoms with E-state index in [0.29, 0.717) is 37.5 Å². The van der Waals surface area contributed by atoms with Crippen LogP contribution in [0.4, 0.5) is 45.3 Å². The van der Waals surface area contributed by atoms with Gasteiger partial charge in [0.2, 0.25) is 0 Å². The lowest BCUT2D eigenvalue weighted by atomic mass is 10.1. The first kappa shape index (κ1) is 28.7. The molecule has 0 bridgehead atoms. The van der Waals surface area contributed by atoms with Gasteiger partial charge in [0.25, 0.3) is 11.6 Å². The molecule has 15 heteroatoms. The topological polar surface area (TPSA) is 83.8 Å². The fourth-order valence-corrected chi connectivity index (χ4v) is 3.05. The molecule has 0 spiro atoms. The Bertz CT molecular complexity index is 1030. The minimum absolute atomic E-state index is 0.186. The number of carbonyl (C=O) groups is 2. The van der Waals surface area contributed by atoms with E-state index in [1.807, 2.05) is 4.90 Å². The summed E-state index contributed by atoms with van der Waals surface area (Å²) >= 11 is 0. The summed E-state index contributed by atoms with van der Waals surface area (Å²) in [7, 11) is 0. The molecular weight excluding hydrogens is 515 g/mol. The van der Waals surface area contributed by atoms with Gasteiger partial charge in [-0.3, -0.25) is 9.69 Å². The van der Waals surface area contributed by atoms with Crippen LogP contribution in [0.2, 0.25) is 0 Å². The van der Waals surface area contributed by atoms with Gasteiger partial charge < -0.3 is 14.6 Å². The van der Waals surface area contributed by atoms with E-state index in [4.69, 9.17) is 14.6 Å². The monoisotopic (exact) mass is 532 g/mol. The normalized spacial score (nSPS) is 15.1. The van der Waals surface area contributed by atoms with Gasteiger partial charge in [0.15, 0.2) is 0 Å². The van der Waals surface area contributed by atoms with Gasteiger partial charge in [0, 0.05) is 18.9 Å². The number of piperidine rings is 1. The van der Waals surface area contributed by atoms with Crippen LogP contribution >= 0.6 is 0 Å². The number of alkyl halides is 9. The van der Waals surface area contributed by atoms with Crippen molar-refractivity contribution in [2.24, 2.45) is 0 Å². The summed E-state index contributed by atoms with van der Waals surface area (Å²) < 4.78 is 112. The van der Waals surface area contributed by atoms with Crippen LogP contribution in [0, 0.1) is 0 Å². The highest BCUT2D eigenvalue weighted by Gasteiger charge is 2.40. The third kappa shape index (κ3) is 8.30. The second-order valence-corrected chi connectivity index (χ2v) is 7.40. The van der Waals surface area contributed by atoms with E-state index in [0.717, 1.165) is 24.4 Å². The van der Waals surface area contributed by atoms with E-state index < -0.39 is 41.4 Å². The number of carboxylic acid groups (broad SMARTS) is 1. The number of ether oxygens (including phenoxy) is 1. The molecule has 3 rings (SSSR count). The molecule has 0 atom stereocenters. The Balaban J connectivity index is 0.000000572. The number of hydrogen-bond acceptors (Lipinski definition) is 5. The van der Waals surface area contributed by atoms with Crippen molar-refractivity contribution in [2.45, 2.75) is 37.5 Å². The van der Waals surface area contributed by atoms with Crippen molar-refractivity contribution < 1.29 is 63.9 Å². The minimum Gasteiger partial charge on any atom is -0.542 e. The molecule has 1 aromatic heterocycles. The quantitative estimate of drug-likeness (QED) is 0.444. The van der Waals surface area contributed by atoms with Crippen LogP contribution < -0.4 is 19.7 Å². The first-order valence-electron chi connectivity index (χ1n) is 9.98. The molecule has 0 aliphatic carbocycles. The molecule has 0 radical (unpaired) electrons. The standard InChI is InChI=1S/C19H16F6N2O2.C2HF3O2/c20-18(21,22)13-2-4-14(5-3-13)29-15-7-9-27(10-8-15)16-6-1-12(11-26-16)17(28)19(23,24)25;3-2(4,5)1(6)7/h1-6,11,15H,7-10H2;(H,6,7). The molecule has 36 heavy (non-hydrogen) atoms. The van der Waals surface area contributed by atoms with Crippen molar-refractivity contribution >= 4 is 17.6 Å². The van der Waals surface area contributed by atoms with E-state index in [9.17, 15) is 44.3 Å². The number of nitrogens with zero attached hydrogens (tertiary/aromatic N) is 1. The molecule has 198 valence electrons. The number of carboxylic acids is 1. The van der Waals surface area contributed by atoms with Crippen molar-refractivity contribution in [3.63, 3.8) is 0 Å². The Kier molecular flexibility index (Phi) is 8.80. The number of anilines is 1. The fraction of sp³-hybridized carbons (Fsp3) is 0.381. The highest BCUT2D eigenvalue weighted by Crippen LogP contribution is 2.31. The first-order valence-corrected chi connectivity index (χ1v) is 9.98. The average Bonchev–Trinajstić information content (AvgIpc) is 2.78. The average molecular weight is 532 g/mol. The van der Waals surface area contributed by atoms with Crippen LogP contribution in [-0.2, 0) is 11.0 Å². The summed E-state index contributed by atoms with van der Waals surface area (Å²) in [6.45, 7) is 1.07. The lowest BCUT2D eigenvalue weighted by Gasteiger charge is -2.28. The van der Waals surface area contributed by atoms with E-state index in [2.05, 4.69) is 4.98 Å². The van der Waals surface area contributed by atoms with E-state index in [1.165, 1.54) is 18.2 Å². The second-order valence-electron chi connectivity index (χ2n) is 7.40. The van der Waals surface area contributed by atoms with Crippen LogP contribution in [0.5, 0.6) is 5.75 Å². The number of ketones is 1. The summed E-state index contributed by atoms with van der Waals surface area (Å²) in [6, 6.07) is 7.01. The van der Waals surface area contributed by atoms with Gasteiger partial charge in [-0.05, 0) is 30.3 Å². The molecule has 2 aromatic rings. The molecule has 1 fully saturated rings. The van der Waals surface area contributed by atoms with Crippen molar-refractivity contribution in [1.82, 2.24) is 0 Å². The third-order valence-electron chi connectivity index (χ3n) is 4.81. The Morgan fingerprint density at radius 3 is 1.78 bits per heavy atom. The van der Waals surface area contributed by atoms with Gasteiger partial charge in [-0.2, -0.15) is 39.5 Å².